The molecule has 1 aromatic heterocycles. The maximum Gasteiger partial charge on any atom is 0.164 e. The van der Waals surface area contributed by atoms with E-state index in [1.807, 2.05) is 85.5 Å². The Kier molecular flexibility index (Phi) is 6.93. The molecule has 49 heavy (non-hydrogen) atoms. The second-order valence-corrected chi connectivity index (χ2v) is 15.2. The standard InChI is InChI=1S/C44H30N3OP/c1-49(48)40-22-11-10-19-37(40)39-21-12-20-38(41(39)49)36-28-27-33(34-17-8-9-18-35(34)36)29-23-25-32(26-24-29)44-46-42(30-13-4-2-5-14-30)45-43(47-44)31-15-6-3-7-16-31/h2-28H,1H3. The quantitative estimate of drug-likeness (QED) is 0.175. The zero-order chi connectivity index (χ0) is 33.0. The normalized spacial score (nSPS) is 14.8. The van der Waals surface area contributed by atoms with Gasteiger partial charge in [0.05, 0.1) is 0 Å². The molecule has 4 nitrogen and oxygen atoms in total. The fourth-order valence-electron chi connectivity index (χ4n) is 7.15. The molecule has 0 aliphatic carbocycles. The number of hydrogen-bond donors (Lipinski definition) is 0. The second-order valence-electron chi connectivity index (χ2n) is 12.5. The summed E-state index contributed by atoms with van der Waals surface area (Å²) in [5.41, 5.74) is 9.32. The van der Waals surface area contributed by atoms with Crippen LogP contribution in [-0.2, 0) is 4.57 Å². The van der Waals surface area contributed by atoms with Gasteiger partial charge in [0.2, 0.25) is 0 Å². The number of rotatable bonds is 5. The molecule has 0 radical (unpaired) electrons. The maximum atomic E-state index is 14.4. The van der Waals surface area contributed by atoms with E-state index in [0.717, 1.165) is 71.5 Å². The van der Waals surface area contributed by atoms with Crippen molar-refractivity contribution in [2.75, 3.05) is 6.66 Å². The first-order chi connectivity index (χ1) is 24.1. The van der Waals surface area contributed by atoms with Crippen LogP contribution in [0.15, 0.2) is 164 Å². The van der Waals surface area contributed by atoms with E-state index >= 15 is 0 Å². The van der Waals surface area contributed by atoms with Crippen molar-refractivity contribution in [3.8, 4) is 67.5 Å². The fourth-order valence-corrected chi connectivity index (χ4v) is 9.73. The average molecular weight is 648 g/mol. The highest BCUT2D eigenvalue weighted by Crippen LogP contribution is 2.53. The van der Waals surface area contributed by atoms with Crippen molar-refractivity contribution in [3.63, 3.8) is 0 Å². The van der Waals surface area contributed by atoms with Crippen LogP contribution >= 0.6 is 7.14 Å². The first-order valence-corrected chi connectivity index (χ1v) is 18.5. The van der Waals surface area contributed by atoms with Gasteiger partial charge in [0, 0.05) is 27.3 Å². The van der Waals surface area contributed by atoms with Crippen LogP contribution in [-0.4, -0.2) is 21.6 Å². The summed E-state index contributed by atoms with van der Waals surface area (Å²) in [7, 11) is -2.77. The Morgan fingerprint density at radius 3 is 1.41 bits per heavy atom. The third-order valence-corrected chi connectivity index (χ3v) is 12.1. The molecule has 0 saturated carbocycles. The van der Waals surface area contributed by atoms with Gasteiger partial charge in [0.25, 0.3) is 0 Å². The largest absolute Gasteiger partial charge is 0.314 e. The Bertz CT molecular complexity index is 2520. The van der Waals surface area contributed by atoms with E-state index in [0.29, 0.717) is 17.5 Å². The summed E-state index contributed by atoms with van der Waals surface area (Å²) in [5.74, 6) is 1.91. The molecule has 0 saturated heterocycles. The molecule has 0 fully saturated rings. The van der Waals surface area contributed by atoms with E-state index in [4.69, 9.17) is 15.0 Å². The summed E-state index contributed by atoms with van der Waals surface area (Å²) in [6.45, 7) is 1.91. The van der Waals surface area contributed by atoms with Gasteiger partial charge in [-0.25, -0.2) is 15.0 Å². The first kappa shape index (κ1) is 29.2. The monoisotopic (exact) mass is 647 g/mol. The lowest BCUT2D eigenvalue weighted by molar-refractivity contribution is 0.591. The average Bonchev–Trinajstić information content (AvgIpc) is 3.41. The van der Waals surface area contributed by atoms with Gasteiger partial charge < -0.3 is 4.57 Å². The summed E-state index contributed by atoms with van der Waals surface area (Å²) in [5, 5.41) is 4.18. The first-order valence-electron chi connectivity index (χ1n) is 16.4. The van der Waals surface area contributed by atoms with Gasteiger partial charge in [-0.2, -0.15) is 0 Å². The SMILES string of the molecule is CP1(=O)c2ccccc2-c2cccc(-c3ccc(-c4ccc(-c5nc(-c6ccccc6)nc(-c6ccccc6)n5)cc4)c4ccccc34)c21. The van der Waals surface area contributed by atoms with Gasteiger partial charge in [0.1, 0.15) is 7.14 Å². The van der Waals surface area contributed by atoms with Crippen LogP contribution < -0.4 is 10.6 Å². The molecule has 5 heteroatoms. The molecular weight excluding hydrogens is 617 g/mol. The van der Waals surface area contributed by atoms with E-state index in [2.05, 4.69) is 84.9 Å². The Labute approximate surface area is 285 Å². The van der Waals surface area contributed by atoms with Crippen molar-refractivity contribution in [1.82, 2.24) is 15.0 Å². The molecule has 2 heterocycles. The van der Waals surface area contributed by atoms with E-state index in [-0.39, 0.29) is 0 Å². The Hall–Kier alpha value is -5.96. The highest BCUT2D eigenvalue weighted by Gasteiger charge is 2.36. The summed E-state index contributed by atoms with van der Waals surface area (Å²) >= 11 is 0. The minimum atomic E-state index is -2.77. The number of benzene rings is 7. The van der Waals surface area contributed by atoms with Gasteiger partial charge in [-0.05, 0) is 50.8 Å². The third-order valence-electron chi connectivity index (χ3n) is 9.48. The van der Waals surface area contributed by atoms with Crippen molar-refractivity contribution in [2.45, 2.75) is 0 Å². The minimum Gasteiger partial charge on any atom is -0.314 e. The molecule has 1 atom stereocenters. The highest BCUT2D eigenvalue weighted by molar-refractivity contribution is 7.79. The lowest BCUT2D eigenvalue weighted by atomic mass is 9.90. The number of fused-ring (bicyclic) bond motifs is 4. The van der Waals surface area contributed by atoms with E-state index < -0.39 is 7.14 Å². The fraction of sp³-hybridized carbons (Fsp3) is 0.0227. The summed E-state index contributed by atoms with van der Waals surface area (Å²) in [4.78, 5) is 14.6. The molecule has 0 N–H and O–H groups in total. The van der Waals surface area contributed by atoms with Crippen LogP contribution in [0.3, 0.4) is 0 Å². The zero-order valence-electron chi connectivity index (χ0n) is 26.8. The van der Waals surface area contributed by atoms with Crippen LogP contribution in [0.2, 0.25) is 0 Å². The zero-order valence-corrected chi connectivity index (χ0v) is 27.7. The molecule has 8 aromatic rings. The topological polar surface area (TPSA) is 55.7 Å². The molecule has 1 unspecified atom stereocenters. The van der Waals surface area contributed by atoms with Gasteiger partial charge in [-0.1, -0.05) is 164 Å². The third kappa shape index (κ3) is 4.92. The van der Waals surface area contributed by atoms with E-state index in [1.54, 1.807) is 0 Å². The molecular formula is C44H30N3OP. The van der Waals surface area contributed by atoms with Crippen LogP contribution in [0, 0.1) is 0 Å². The van der Waals surface area contributed by atoms with E-state index in [9.17, 15) is 4.57 Å². The molecule has 0 amide bonds. The van der Waals surface area contributed by atoms with Crippen LogP contribution in [0.4, 0.5) is 0 Å². The van der Waals surface area contributed by atoms with E-state index in [1.165, 1.54) is 0 Å². The maximum absolute atomic E-state index is 14.4. The van der Waals surface area contributed by atoms with Crippen molar-refractivity contribution in [3.05, 3.63) is 164 Å². The summed E-state index contributed by atoms with van der Waals surface area (Å²) < 4.78 is 14.4. The molecule has 1 aliphatic heterocycles. The molecule has 7 aromatic carbocycles. The predicted octanol–water partition coefficient (Wildman–Crippen LogP) is 10.3. The van der Waals surface area contributed by atoms with Crippen molar-refractivity contribution in [2.24, 2.45) is 0 Å². The highest BCUT2D eigenvalue weighted by atomic mass is 31.2. The summed E-state index contributed by atoms with van der Waals surface area (Å²) in [6.07, 6.45) is 0. The smallest absolute Gasteiger partial charge is 0.164 e. The summed E-state index contributed by atoms with van der Waals surface area (Å²) in [6, 6.07) is 55.9. The van der Waals surface area contributed by atoms with Crippen molar-refractivity contribution in [1.29, 1.82) is 0 Å². The number of hydrogen-bond acceptors (Lipinski definition) is 4. The lowest BCUT2D eigenvalue weighted by Gasteiger charge is -2.17. The molecule has 0 spiro atoms. The number of nitrogens with zero attached hydrogens (tertiary/aromatic N) is 3. The van der Waals surface area contributed by atoms with Crippen LogP contribution in [0.5, 0.6) is 0 Å². The van der Waals surface area contributed by atoms with Gasteiger partial charge >= 0.3 is 0 Å². The molecule has 1 aliphatic rings. The second kappa shape index (κ2) is 11.6. The molecule has 232 valence electrons. The molecule has 9 rings (SSSR count). The Morgan fingerprint density at radius 2 is 0.796 bits per heavy atom. The number of aromatic nitrogens is 3. The van der Waals surface area contributed by atoms with Gasteiger partial charge in [-0.15, -0.1) is 0 Å². The van der Waals surface area contributed by atoms with Crippen LogP contribution in [0.1, 0.15) is 0 Å². The van der Waals surface area contributed by atoms with Crippen LogP contribution in [0.25, 0.3) is 78.3 Å². The predicted molar refractivity (Wildman–Crippen MR) is 203 cm³/mol. The van der Waals surface area contributed by atoms with Crippen molar-refractivity contribution >= 4 is 28.5 Å². The minimum absolute atomic E-state index is 0.627. The molecule has 0 bridgehead atoms. The lowest BCUT2D eigenvalue weighted by Crippen LogP contribution is -2.11. The van der Waals surface area contributed by atoms with Gasteiger partial charge in [-0.3, -0.25) is 0 Å². The Balaban J connectivity index is 1.14. The van der Waals surface area contributed by atoms with Crippen molar-refractivity contribution < 1.29 is 4.57 Å². The Morgan fingerprint density at radius 1 is 0.367 bits per heavy atom. The van der Waals surface area contributed by atoms with Gasteiger partial charge in [0.15, 0.2) is 17.5 Å².